The summed E-state index contributed by atoms with van der Waals surface area (Å²) in [6.45, 7) is 1.63. The molecule has 1 aromatic carbocycles. The molecule has 2 rings (SSSR count). The molecule has 0 spiro atoms. The molecule has 0 bridgehead atoms. The van der Waals surface area contributed by atoms with Crippen LogP contribution >= 0.6 is 0 Å². The summed E-state index contributed by atoms with van der Waals surface area (Å²) in [6.07, 6.45) is 3.52. The Labute approximate surface area is 106 Å². The molecule has 1 aromatic rings. The first kappa shape index (κ1) is 12.7. The van der Waals surface area contributed by atoms with E-state index in [4.69, 9.17) is 15.6 Å². The average molecular weight is 250 g/mol. The fourth-order valence-electron chi connectivity index (χ4n) is 2.10. The number of hydrogen-bond donors (Lipinski definition) is 3. The van der Waals surface area contributed by atoms with E-state index in [1.54, 1.807) is 18.2 Å². The highest BCUT2D eigenvalue weighted by Gasteiger charge is 2.14. The standard InChI is InChI=1S/C13H18N2O3/c14-12-4-3-9(8-11(12)13(16)17)15-6-5-10-2-1-7-18-10/h3-4,8,10,15H,1-2,5-7,14H2,(H,16,17). The van der Waals surface area contributed by atoms with Gasteiger partial charge in [-0.25, -0.2) is 4.79 Å². The molecule has 18 heavy (non-hydrogen) atoms. The molecule has 98 valence electrons. The Kier molecular flexibility index (Phi) is 4.04. The molecule has 5 nitrogen and oxygen atoms in total. The zero-order valence-electron chi connectivity index (χ0n) is 10.2. The molecule has 5 heteroatoms. The SMILES string of the molecule is Nc1ccc(NCCC2CCCO2)cc1C(=O)O. The minimum Gasteiger partial charge on any atom is -0.478 e. The summed E-state index contributed by atoms with van der Waals surface area (Å²) < 4.78 is 5.52. The Bertz CT molecular complexity index is 428. The van der Waals surface area contributed by atoms with Crippen LogP contribution in [0, 0.1) is 0 Å². The van der Waals surface area contributed by atoms with Crippen LogP contribution in [-0.4, -0.2) is 30.3 Å². The van der Waals surface area contributed by atoms with E-state index < -0.39 is 5.97 Å². The van der Waals surface area contributed by atoms with Crippen LogP contribution in [0.3, 0.4) is 0 Å². The van der Waals surface area contributed by atoms with Gasteiger partial charge in [0.25, 0.3) is 0 Å². The van der Waals surface area contributed by atoms with Gasteiger partial charge in [-0.15, -0.1) is 0 Å². The lowest BCUT2D eigenvalue weighted by molar-refractivity contribution is 0.0698. The molecule has 1 saturated heterocycles. The molecule has 0 aromatic heterocycles. The number of nitrogen functional groups attached to an aromatic ring is 1. The van der Waals surface area contributed by atoms with Crippen LogP contribution < -0.4 is 11.1 Å². The summed E-state index contributed by atoms with van der Waals surface area (Å²) in [5.41, 5.74) is 6.79. The van der Waals surface area contributed by atoms with Crippen LogP contribution in [0.25, 0.3) is 0 Å². The highest BCUT2D eigenvalue weighted by Crippen LogP contribution is 2.19. The van der Waals surface area contributed by atoms with Crippen LogP contribution in [0.1, 0.15) is 29.6 Å². The van der Waals surface area contributed by atoms with Gasteiger partial charge in [-0.2, -0.15) is 0 Å². The Morgan fingerprint density at radius 2 is 2.39 bits per heavy atom. The first-order valence-electron chi connectivity index (χ1n) is 6.15. The summed E-state index contributed by atoms with van der Waals surface area (Å²) in [4.78, 5) is 10.9. The third-order valence-corrected chi connectivity index (χ3v) is 3.10. The summed E-state index contributed by atoms with van der Waals surface area (Å²) in [5, 5.41) is 12.2. The van der Waals surface area contributed by atoms with Gasteiger partial charge in [0.05, 0.1) is 11.7 Å². The molecule has 1 unspecified atom stereocenters. The van der Waals surface area contributed by atoms with Gasteiger partial charge in [0.1, 0.15) is 0 Å². The number of nitrogens with one attached hydrogen (secondary N) is 1. The number of nitrogens with two attached hydrogens (primary N) is 1. The second-order valence-electron chi connectivity index (χ2n) is 4.46. The third kappa shape index (κ3) is 3.13. The van der Waals surface area contributed by atoms with Gasteiger partial charge >= 0.3 is 5.97 Å². The quantitative estimate of drug-likeness (QED) is 0.695. The van der Waals surface area contributed by atoms with Crippen molar-refractivity contribution in [3.8, 4) is 0 Å². The maximum atomic E-state index is 10.9. The lowest BCUT2D eigenvalue weighted by Gasteiger charge is -2.12. The number of benzene rings is 1. The van der Waals surface area contributed by atoms with Crippen molar-refractivity contribution in [3.63, 3.8) is 0 Å². The van der Waals surface area contributed by atoms with E-state index in [1.165, 1.54) is 0 Å². The highest BCUT2D eigenvalue weighted by atomic mass is 16.5. The summed E-state index contributed by atoms with van der Waals surface area (Å²) in [6, 6.07) is 4.96. The largest absolute Gasteiger partial charge is 0.478 e. The van der Waals surface area contributed by atoms with E-state index in [-0.39, 0.29) is 11.3 Å². The molecule has 0 radical (unpaired) electrons. The molecular formula is C13H18N2O3. The molecule has 1 aliphatic heterocycles. The smallest absolute Gasteiger partial charge is 0.337 e. The molecule has 0 aliphatic carbocycles. The van der Waals surface area contributed by atoms with Crippen LogP contribution in [0.2, 0.25) is 0 Å². The first-order chi connectivity index (χ1) is 8.66. The fourth-order valence-corrected chi connectivity index (χ4v) is 2.10. The zero-order valence-corrected chi connectivity index (χ0v) is 10.2. The van der Waals surface area contributed by atoms with E-state index in [0.29, 0.717) is 6.10 Å². The third-order valence-electron chi connectivity index (χ3n) is 3.10. The number of rotatable bonds is 5. The van der Waals surface area contributed by atoms with E-state index in [9.17, 15) is 4.79 Å². The topological polar surface area (TPSA) is 84.6 Å². The fraction of sp³-hybridized carbons (Fsp3) is 0.462. The van der Waals surface area contributed by atoms with Gasteiger partial charge in [-0.1, -0.05) is 0 Å². The lowest BCUT2D eigenvalue weighted by atomic mass is 10.1. The molecule has 1 heterocycles. The minimum atomic E-state index is -1.00. The van der Waals surface area contributed by atoms with Crippen molar-refractivity contribution >= 4 is 17.3 Å². The van der Waals surface area contributed by atoms with Crippen LogP contribution in [0.15, 0.2) is 18.2 Å². The normalized spacial score (nSPS) is 18.8. The number of aromatic carboxylic acids is 1. The molecular weight excluding hydrogens is 232 g/mol. The predicted octanol–water partition coefficient (Wildman–Crippen LogP) is 1.95. The Balaban J connectivity index is 1.88. The van der Waals surface area contributed by atoms with Crippen molar-refractivity contribution in [1.29, 1.82) is 0 Å². The van der Waals surface area contributed by atoms with Gasteiger partial charge in [0.2, 0.25) is 0 Å². The second kappa shape index (κ2) is 5.73. The number of hydrogen-bond acceptors (Lipinski definition) is 4. The van der Waals surface area contributed by atoms with Crippen molar-refractivity contribution in [1.82, 2.24) is 0 Å². The number of carbonyl (C=O) groups is 1. The van der Waals surface area contributed by atoms with Crippen molar-refractivity contribution in [2.24, 2.45) is 0 Å². The zero-order chi connectivity index (χ0) is 13.0. The maximum absolute atomic E-state index is 10.9. The van der Waals surface area contributed by atoms with Crippen LogP contribution in [-0.2, 0) is 4.74 Å². The summed E-state index contributed by atoms with van der Waals surface area (Å²) >= 11 is 0. The number of ether oxygens (including phenoxy) is 1. The Morgan fingerprint density at radius 3 is 3.06 bits per heavy atom. The van der Waals surface area contributed by atoms with E-state index in [2.05, 4.69) is 5.32 Å². The molecule has 1 atom stereocenters. The van der Waals surface area contributed by atoms with Crippen molar-refractivity contribution < 1.29 is 14.6 Å². The Hall–Kier alpha value is -1.75. The molecule has 0 amide bonds. The van der Waals surface area contributed by atoms with Gasteiger partial charge in [0.15, 0.2) is 0 Å². The predicted molar refractivity (Wildman–Crippen MR) is 69.9 cm³/mol. The maximum Gasteiger partial charge on any atom is 0.337 e. The summed E-state index contributed by atoms with van der Waals surface area (Å²) in [5.74, 6) is -1.00. The van der Waals surface area contributed by atoms with E-state index >= 15 is 0 Å². The molecule has 4 N–H and O–H groups in total. The van der Waals surface area contributed by atoms with Crippen molar-refractivity contribution in [2.45, 2.75) is 25.4 Å². The average Bonchev–Trinajstić information content (AvgIpc) is 2.84. The first-order valence-corrected chi connectivity index (χ1v) is 6.15. The lowest BCUT2D eigenvalue weighted by Crippen LogP contribution is -2.13. The number of carboxylic acids is 1. The van der Waals surface area contributed by atoms with Crippen molar-refractivity contribution in [2.75, 3.05) is 24.2 Å². The van der Waals surface area contributed by atoms with Gasteiger partial charge in [-0.05, 0) is 37.5 Å². The molecule has 1 aliphatic rings. The second-order valence-corrected chi connectivity index (χ2v) is 4.46. The van der Waals surface area contributed by atoms with Gasteiger partial charge < -0.3 is 20.9 Å². The van der Waals surface area contributed by atoms with Crippen molar-refractivity contribution in [3.05, 3.63) is 23.8 Å². The summed E-state index contributed by atoms with van der Waals surface area (Å²) in [7, 11) is 0. The minimum absolute atomic E-state index is 0.136. The molecule has 1 fully saturated rings. The van der Waals surface area contributed by atoms with Gasteiger partial charge in [-0.3, -0.25) is 0 Å². The highest BCUT2D eigenvalue weighted by molar-refractivity contribution is 5.94. The van der Waals surface area contributed by atoms with E-state index in [0.717, 1.165) is 38.1 Å². The monoisotopic (exact) mass is 250 g/mol. The van der Waals surface area contributed by atoms with E-state index in [1.807, 2.05) is 0 Å². The van der Waals surface area contributed by atoms with Crippen LogP contribution in [0.4, 0.5) is 11.4 Å². The van der Waals surface area contributed by atoms with Gasteiger partial charge in [0, 0.05) is 24.5 Å². The van der Waals surface area contributed by atoms with Crippen LogP contribution in [0.5, 0.6) is 0 Å². The molecule has 0 saturated carbocycles. The Morgan fingerprint density at radius 1 is 1.56 bits per heavy atom. The number of anilines is 2. The number of carboxylic acid groups (broad SMARTS) is 1.